The molecule has 2 atom stereocenters. The first-order valence-electron chi connectivity index (χ1n) is 25.9. The van der Waals surface area contributed by atoms with Crippen molar-refractivity contribution >= 4 is 11.9 Å². The monoisotopic (exact) mass is 820 g/mol. The summed E-state index contributed by atoms with van der Waals surface area (Å²) in [4.78, 5) is 24.4. The van der Waals surface area contributed by atoms with Gasteiger partial charge in [-0.1, -0.05) is 238 Å². The van der Waals surface area contributed by atoms with E-state index in [0.717, 1.165) is 44.9 Å². The molecular formula is C52H101NO5. The molecule has 3 N–H and O–H groups in total. The Morgan fingerprint density at radius 1 is 0.466 bits per heavy atom. The summed E-state index contributed by atoms with van der Waals surface area (Å²) in [5.41, 5.74) is 0. The Bertz CT molecular complexity index is 863. The van der Waals surface area contributed by atoms with Gasteiger partial charge < -0.3 is 20.3 Å². The first kappa shape index (κ1) is 56.6. The van der Waals surface area contributed by atoms with Crippen LogP contribution in [0.15, 0.2) is 12.2 Å². The van der Waals surface area contributed by atoms with Crippen molar-refractivity contribution in [2.24, 2.45) is 0 Å². The highest BCUT2D eigenvalue weighted by atomic mass is 16.5. The highest BCUT2D eigenvalue weighted by molar-refractivity contribution is 5.76. The minimum atomic E-state index is -0.666. The summed E-state index contributed by atoms with van der Waals surface area (Å²) in [6.07, 6.45) is 54.7. The molecule has 6 heteroatoms. The molecule has 0 bridgehead atoms. The van der Waals surface area contributed by atoms with Crippen LogP contribution in [0.25, 0.3) is 0 Å². The van der Waals surface area contributed by atoms with E-state index in [1.807, 2.05) is 0 Å². The van der Waals surface area contributed by atoms with Gasteiger partial charge in [0.1, 0.15) is 0 Å². The second-order valence-electron chi connectivity index (χ2n) is 17.9. The van der Waals surface area contributed by atoms with E-state index in [0.29, 0.717) is 25.9 Å². The van der Waals surface area contributed by atoms with Crippen molar-refractivity contribution in [3.63, 3.8) is 0 Å². The number of allylic oxidation sites excluding steroid dienone is 2. The normalized spacial score (nSPS) is 12.7. The van der Waals surface area contributed by atoms with E-state index in [1.165, 1.54) is 205 Å². The maximum atomic E-state index is 12.4. The first-order chi connectivity index (χ1) is 28.5. The van der Waals surface area contributed by atoms with E-state index in [1.54, 1.807) is 0 Å². The zero-order valence-electron chi connectivity index (χ0n) is 39.0. The SMILES string of the molecule is CCCC/C=C\CCCCCCCC(=O)OCCCCCCCCCCCCCCCCCCCC(=O)NC(CO)C(O)CCCCCCCCCCCCCCC. The van der Waals surface area contributed by atoms with Crippen molar-refractivity contribution < 1.29 is 24.5 Å². The summed E-state index contributed by atoms with van der Waals surface area (Å²) < 4.78 is 5.44. The van der Waals surface area contributed by atoms with Crippen molar-refractivity contribution in [1.29, 1.82) is 0 Å². The van der Waals surface area contributed by atoms with E-state index in [9.17, 15) is 19.8 Å². The fraction of sp³-hybridized carbons (Fsp3) is 0.923. The van der Waals surface area contributed by atoms with Gasteiger partial charge in [0, 0.05) is 12.8 Å². The van der Waals surface area contributed by atoms with Crippen LogP contribution in [-0.2, 0) is 14.3 Å². The number of nitrogens with one attached hydrogen (secondary N) is 1. The minimum Gasteiger partial charge on any atom is -0.466 e. The fourth-order valence-electron chi connectivity index (χ4n) is 8.03. The molecule has 58 heavy (non-hydrogen) atoms. The van der Waals surface area contributed by atoms with Crippen LogP contribution >= 0.6 is 0 Å². The Labute approximate surface area is 361 Å². The van der Waals surface area contributed by atoms with Crippen LogP contribution in [-0.4, -0.2) is 47.4 Å². The second-order valence-corrected chi connectivity index (χ2v) is 17.9. The summed E-state index contributed by atoms with van der Waals surface area (Å²) in [5, 5.41) is 23.2. The maximum Gasteiger partial charge on any atom is 0.305 e. The van der Waals surface area contributed by atoms with E-state index >= 15 is 0 Å². The zero-order valence-corrected chi connectivity index (χ0v) is 39.0. The highest BCUT2D eigenvalue weighted by Gasteiger charge is 2.20. The van der Waals surface area contributed by atoms with Crippen molar-refractivity contribution in [3.05, 3.63) is 12.2 Å². The van der Waals surface area contributed by atoms with E-state index in [4.69, 9.17) is 4.74 Å². The molecule has 0 saturated carbocycles. The predicted octanol–water partition coefficient (Wildman–Crippen LogP) is 15.3. The topological polar surface area (TPSA) is 95.9 Å². The molecule has 0 heterocycles. The summed E-state index contributed by atoms with van der Waals surface area (Å²) in [6, 6.07) is -0.544. The Kier molecular flexibility index (Phi) is 47.1. The summed E-state index contributed by atoms with van der Waals surface area (Å²) in [5.74, 6) is -0.0457. The van der Waals surface area contributed by atoms with Gasteiger partial charge in [0.05, 0.1) is 25.4 Å². The van der Waals surface area contributed by atoms with Crippen LogP contribution < -0.4 is 5.32 Å². The summed E-state index contributed by atoms with van der Waals surface area (Å²) in [6.45, 7) is 4.90. The van der Waals surface area contributed by atoms with Crippen LogP contribution in [0.4, 0.5) is 0 Å². The molecule has 6 nitrogen and oxygen atoms in total. The van der Waals surface area contributed by atoms with Crippen molar-refractivity contribution in [3.8, 4) is 0 Å². The Balaban J connectivity index is 3.42. The molecule has 0 rings (SSSR count). The number of carbonyl (C=O) groups is 2. The molecule has 0 aromatic rings. The molecule has 344 valence electrons. The van der Waals surface area contributed by atoms with E-state index in [-0.39, 0.29) is 18.5 Å². The molecule has 0 aromatic heterocycles. The smallest absolute Gasteiger partial charge is 0.305 e. The molecule has 0 aliphatic heterocycles. The zero-order chi connectivity index (χ0) is 42.3. The average Bonchev–Trinajstić information content (AvgIpc) is 3.22. The first-order valence-corrected chi connectivity index (χ1v) is 25.9. The van der Waals surface area contributed by atoms with E-state index in [2.05, 4.69) is 31.3 Å². The van der Waals surface area contributed by atoms with Gasteiger partial charge in [0.25, 0.3) is 0 Å². The third kappa shape index (κ3) is 44.2. The number of aliphatic hydroxyl groups excluding tert-OH is 2. The summed E-state index contributed by atoms with van der Waals surface area (Å²) in [7, 11) is 0. The van der Waals surface area contributed by atoms with Gasteiger partial charge >= 0.3 is 5.97 Å². The van der Waals surface area contributed by atoms with E-state index < -0.39 is 12.1 Å². The number of rotatable bonds is 48. The van der Waals surface area contributed by atoms with Crippen LogP contribution in [0, 0.1) is 0 Å². The fourth-order valence-corrected chi connectivity index (χ4v) is 8.03. The van der Waals surface area contributed by atoms with Gasteiger partial charge in [-0.15, -0.1) is 0 Å². The quantitative estimate of drug-likeness (QED) is 0.0323. The lowest BCUT2D eigenvalue weighted by atomic mass is 10.0. The molecule has 2 unspecified atom stereocenters. The molecule has 0 aromatic carbocycles. The van der Waals surface area contributed by atoms with Gasteiger partial charge in [0.15, 0.2) is 0 Å². The number of unbranched alkanes of at least 4 members (excludes halogenated alkanes) is 35. The Hall–Kier alpha value is -1.40. The van der Waals surface area contributed by atoms with Crippen LogP contribution in [0.3, 0.4) is 0 Å². The Morgan fingerprint density at radius 3 is 1.28 bits per heavy atom. The Morgan fingerprint density at radius 2 is 0.828 bits per heavy atom. The van der Waals surface area contributed by atoms with Gasteiger partial charge in [-0.25, -0.2) is 0 Å². The predicted molar refractivity (Wildman–Crippen MR) is 250 cm³/mol. The number of esters is 1. The van der Waals surface area contributed by atoms with Crippen LogP contribution in [0.1, 0.15) is 284 Å². The molecule has 0 fully saturated rings. The van der Waals surface area contributed by atoms with Crippen LogP contribution in [0.5, 0.6) is 0 Å². The highest BCUT2D eigenvalue weighted by Crippen LogP contribution is 2.17. The lowest BCUT2D eigenvalue weighted by Gasteiger charge is -2.22. The molecule has 0 radical (unpaired) electrons. The molecule has 0 aliphatic carbocycles. The number of hydrogen-bond donors (Lipinski definition) is 3. The third-order valence-electron chi connectivity index (χ3n) is 12.1. The number of aliphatic hydroxyl groups is 2. The number of amides is 1. The van der Waals surface area contributed by atoms with Crippen molar-refractivity contribution in [2.45, 2.75) is 296 Å². The van der Waals surface area contributed by atoms with Gasteiger partial charge in [-0.05, 0) is 44.9 Å². The second kappa shape index (κ2) is 48.3. The number of ether oxygens (including phenoxy) is 1. The van der Waals surface area contributed by atoms with Gasteiger partial charge in [-0.3, -0.25) is 9.59 Å². The van der Waals surface area contributed by atoms with Crippen LogP contribution in [0.2, 0.25) is 0 Å². The van der Waals surface area contributed by atoms with Gasteiger partial charge in [0.2, 0.25) is 5.91 Å². The lowest BCUT2D eigenvalue weighted by Crippen LogP contribution is -2.45. The molecule has 0 spiro atoms. The molecule has 0 aliphatic rings. The minimum absolute atomic E-state index is 0.00564. The molecular weight excluding hydrogens is 719 g/mol. The average molecular weight is 820 g/mol. The lowest BCUT2D eigenvalue weighted by molar-refractivity contribution is -0.143. The summed E-state index contributed by atoms with van der Waals surface area (Å²) >= 11 is 0. The number of hydrogen-bond acceptors (Lipinski definition) is 5. The van der Waals surface area contributed by atoms with Crippen molar-refractivity contribution in [2.75, 3.05) is 13.2 Å². The third-order valence-corrected chi connectivity index (χ3v) is 12.1. The largest absolute Gasteiger partial charge is 0.466 e. The standard InChI is InChI=1S/C52H101NO5/c1-3-5-7-9-11-13-15-21-25-28-32-36-40-44-50(55)49(48-54)53-51(56)45-41-37-33-29-26-22-19-17-16-18-20-23-27-31-35-39-43-47-58-52(57)46-42-38-34-30-24-14-12-10-8-6-4-2/h10,12,49-50,54-55H,3-9,11,13-48H2,1-2H3,(H,53,56)/b12-10-. The molecule has 0 saturated heterocycles. The number of carbonyl (C=O) groups excluding carboxylic acids is 2. The van der Waals surface area contributed by atoms with Crippen molar-refractivity contribution in [1.82, 2.24) is 5.32 Å². The molecule has 1 amide bonds. The van der Waals surface area contributed by atoms with Gasteiger partial charge in [-0.2, -0.15) is 0 Å². The maximum absolute atomic E-state index is 12.4.